The number of unbranched alkanes of at least 4 members (excludes halogenated alkanes) is 12. The maximum atomic E-state index is 9.56. The van der Waals surface area contributed by atoms with Crippen LogP contribution in [0.15, 0.2) is 17.1 Å². The van der Waals surface area contributed by atoms with Crippen molar-refractivity contribution < 1.29 is 9.59 Å². The third kappa shape index (κ3) is 13.2. The number of aliphatic imine (C=N–C) groups is 1. The number of hydrogen-bond donors (Lipinski definition) is 1. The lowest BCUT2D eigenvalue weighted by atomic mass is 10.0. The number of quaternary nitrogens is 1. The van der Waals surface area contributed by atoms with Crippen molar-refractivity contribution in [3.63, 3.8) is 0 Å². The van der Waals surface area contributed by atoms with Crippen LogP contribution in [-0.4, -0.2) is 48.2 Å². The van der Waals surface area contributed by atoms with E-state index in [1.54, 1.807) is 0 Å². The summed E-state index contributed by atoms with van der Waals surface area (Å²) < 4.78 is 0.930. The van der Waals surface area contributed by atoms with Crippen molar-refractivity contribution in [2.45, 2.75) is 110 Å². The average Bonchev–Trinajstić information content (AvgIpc) is 3.12. The van der Waals surface area contributed by atoms with Gasteiger partial charge in [-0.3, -0.25) is 4.48 Å². The maximum absolute atomic E-state index is 9.56. The second kappa shape index (κ2) is 16.3. The molecule has 0 aliphatic carbocycles. The second-order valence-electron chi connectivity index (χ2n) is 8.66. The zero-order chi connectivity index (χ0) is 19.6. The first kappa shape index (κ1) is 24.4. The topological polar surface area (TPSA) is 32.6 Å². The van der Waals surface area contributed by atoms with E-state index in [9.17, 15) is 5.11 Å². The van der Waals surface area contributed by atoms with Crippen molar-refractivity contribution in [1.29, 1.82) is 0 Å². The molecule has 27 heavy (non-hydrogen) atoms. The highest BCUT2D eigenvalue weighted by atomic mass is 16.3. The highest BCUT2D eigenvalue weighted by molar-refractivity contribution is 5.48. The molecule has 158 valence electrons. The molecule has 0 bridgehead atoms. The molecule has 0 aromatic carbocycles. The SMILES string of the molecule is CCCCCCCCCCCCCCC=CC[N+]1(CCC(C)O)C=NCC1. The van der Waals surface area contributed by atoms with E-state index in [1.165, 1.54) is 83.5 Å². The summed E-state index contributed by atoms with van der Waals surface area (Å²) in [5, 5.41) is 9.56. The summed E-state index contributed by atoms with van der Waals surface area (Å²) in [6.45, 7) is 8.24. The van der Waals surface area contributed by atoms with Gasteiger partial charge in [-0.25, -0.2) is 4.99 Å². The van der Waals surface area contributed by atoms with Crippen molar-refractivity contribution in [1.82, 2.24) is 0 Å². The number of rotatable bonds is 18. The van der Waals surface area contributed by atoms with E-state index < -0.39 is 0 Å². The molecule has 0 aromatic rings. The molecule has 3 heteroatoms. The third-order valence-corrected chi connectivity index (χ3v) is 5.85. The number of allylic oxidation sites excluding steroid dienone is 1. The molecule has 0 saturated carbocycles. The van der Waals surface area contributed by atoms with E-state index in [0.717, 1.165) is 37.1 Å². The summed E-state index contributed by atoms with van der Waals surface area (Å²) in [6, 6.07) is 0. The zero-order valence-corrected chi connectivity index (χ0v) is 18.4. The highest BCUT2D eigenvalue weighted by Crippen LogP contribution is 2.14. The first-order valence-corrected chi connectivity index (χ1v) is 11.9. The van der Waals surface area contributed by atoms with E-state index in [4.69, 9.17) is 0 Å². The van der Waals surface area contributed by atoms with Gasteiger partial charge >= 0.3 is 0 Å². The van der Waals surface area contributed by atoms with Gasteiger partial charge in [-0.15, -0.1) is 0 Å². The van der Waals surface area contributed by atoms with Crippen molar-refractivity contribution in [3.8, 4) is 0 Å². The minimum Gasteiger partial charge on any atom is -0.393 e. The molecule has 3 nitrogen and oxygen atoms in total. The summed E-state index contributed by atoms with van der Waals surface area (Å²) in [7, 11) is 0. The van der Waals surface area contributed by atoms with E-state index in [1.807, 2.05) is 6.92 Å². The van der Waals surface area contributed by atoms with Gasteiger partial charge in [0, 0.05) is 6.42 Å². The van der Waals surface area contributed by atoms with E-state index in [0.29, 0.717) is 0 Å². The van der Waals surface area contributed by atoms with Gasteiger partial charge in [-0.05, 0) is 25.8 Å². The van der Waals surface area contributed by atoms with Crippen LogP contribution in [0.2, 0.25) is 0 Å². The van der Waals surface area contributed by atoms with Gasteiger partial charge in [0.05, 0.1) is 19.2 Å². The normalized spacial score (nSPS) is 20.7. The van der Waals surface area contributed by atoms with Crippen LogP contribution in [0.25, 0.3) is 0 Å². The minimum absolute atomic E-state index is 0.209. The fraction of sp³-hybridized carbons (Fsp3) is 0.875. The van der Waals surface area contributed by atoms with Gasteiger partial charge < -0.3 is 5.11 Å². The number of hydrogen-bond acceptors (Lipinski definition) is 2. The zero-order valence-electron chi connectivity index (χ0n) is 18.4. The van der Waals surface area contributed by atoms with Crippen LogP contribution < -0.4 is 0 Å². The third-order valence-electron chi connectivity index (χ3n) is 5.85. The molecule has 2 atom stereocenters. The molecule has 1 aliphatic rings. The Balaban J connectivity index is 1.93. The van der Waals surface area contributed by atoms with Crippen molar-refractivity contribution in [2.24, 2.45) is 4.99 Å². The van der Waals surface area contributed by atoms with Crippen LogP contribution in [0.1, 0.15) is 104 Å². The van der Waals surface area contributed by atoms with Gasteiger partial charge in [-0.1, -0.05) is 83.6 Å². The van der Waals surface area contributed by atoms with Crippen LogP contribution in [0.4, 0.5) is 0 Å². The first-order valence-electron chi connectivity index (χ1n) is 11.9. The lowest BCUT2D eigenvalue weighted by molar-refractivity contribution is -0.823. The standard InChI is InChI=1S/C24H47N2O/c1-3-4-5-6-7-8-9-10-11-12-13-14-15-16-17-20-26(21-18-24(2)27)22-19-25-23-26/h16-17,23-24,27H,3-15,18-22H2,1-2H3/q+1. The summed E-state index contributed by atoms with van der Waals surface area (Å²) in [5.41, 5.74) is 0. The lowest BCUT2D eigenvalue weighted by Gasteiger charge is -2.29. The monoisotopic (exact) mass is 379 g/mol. The van der Waals surface area contributed by atoms with Crippen LogP contribution in [0.3, 0.4) is 0 Å². The van der Waals surface area contributed by atoms with Crippen LogP contribution in [-0.2, 0) is 0 Å². The van der Waals surface area contributed by atoms with Crippen LogP contribution in [0.5, 0.6) is 0 Å². The van der Waals surface area contributed by atoms with Gasteiger partial charge in [0.25, 0.3) is 0 Å². The van der Waals surface area contributed by atoms with Crippen molar-refractivity contribution >= 4 is 6.34 Å². The Hall–Kier alpha value is -0.670. The molecule has 0 fully saturated rings. The van der Waals surface area contributed by atoms with Gasteiger partial charge in [0.15, 0.2) is 6.34 Å². The Morgan fingerprint density at radius 3 is 2.04 bits per heavy atom. The fourth-order valence-electron chi connectivity index (χ4n) is 3.89. The van der Waals surface area contributed by atoms with Crippen LogP contribution in [0, 0.1) is 0 Å². The molecule has 1 rings (SSSR count). The molecule has 0 aromatic heterocycles. The van der Waals surface area contributed by atoms with Gasteiger partial charge in [0.2, 0.25) is 0 Å². The predicted molar refractivity (Wildman–Crippen MR) is 119 cm³/mol. The van der Waals surface area contributed by atoms with E-state index in [2.05, 4.69) is 30.4 Å². The summed E-state index contributed by atoms with van der Waals surface area (Å²) in [4.78, 5) is 4.44. The fourth-order valence-corrected chi connectivity index (χ4v) is 3.89. The number of aliphatic hydroxyl groups excluding tert-OH is 1. The Morgan fingerprint density at radius 1 is 0.926 bits per heavy atom. The minimum atomic E-state index is -0.209. The first-order chi connectivity index (χ1) is 13.2. The molecule has 1 N–H and O–H groups in total. The Bertz CT molecular complexity index is 392. The summed E-state index contributed by atoms with van der Waals surface area (Å²) >= 11 is 0. The van der Waals surface area contributed by atoms with E-state index in [-0.39, 0.29) is 6.10 Å². The number of nitrogens with zero attached hydrogens (tertiary/aromatic N) is 2. The summed E-state index contributed by atoms with van der Waals surface area (Å²) in [6.07, 6.45) is 25.7. The predicted octanol–water partition coefficient (Wildman–Crippen LogP) is 6.26. The molecule has 2 unspecified atom stereocenters. The molecular formula is C24H47N2O+. The van der Waals surface area contributed by atoms with E-state index >= 15 is 0 Å². The quantitative estimate of drug-likeness (QED) is 0.170. The average molecular weight is 380 g/mol. The highest BCUT2D eigenvalue weighted by Gasteiger charge is 2.27. The maximum Gasteiger partial charge on any atom is 0.185 e. The van der Waals surface area contributed by atoms with Crippen molar-refractivity contribution in [2.75, 3.05) is 26.2 Å². The van der Waals surface area contributed by atoms with Gasteiger partial charge in [-0.2, -0.15) is 0 Å². The molecule has 0 amide bonds. The smallest absolute Gasteiger partial charge is 0.185 e. The van der Waals surface area contributed by atoms with Gasteiger partial charge in [0.1, 0.15) is 13.1 Å². The largest absolute Gasteiger partial charge is 0.393 e. The van der Waals surface area contributed by atoms with Crippen molar-refractivity contribution in [3.05, 3.63) is 12.2 Å². The summed E-state index contributed by atoms with van der Waals surface area (Å²) in [5.74, 6) is 0. The molecule has 1 heterocycles. The molecule has 0 saturated heterocycles. The molecule has 1 aliphatic heterocycles. The number of aliphatic hydroxyl groups is 1. The van der Waals surface area contributed by atoms with Crippen LogP contribution >= 0.6 is 0 Å². The molecule has 0 spiro atoms. The lowest BCUT2D eigenvalue weighted by Crippen LogP contribution is -2.47. The molecular weight excluding hydrogens is 332 g/mol. The Labute approximate surface area is 169 Å². The molecule has 0 radical (unpaired) electrons. The Kier molecular flexibility index (Phi) is 14.7. The Morgan fingerprint density at radius 2 is 1.52 bits per heavy atom. The second-order valence-corrected chi connectivity index (χ2v) is 8.66.